The first-order valence-corrected chi connectivity index (χ1v) is 5.12. The molecular formula is C8H10NO4P. The van der Waals surface area contributed by atoms with Crippen LogP contribution in [0, 0.1) is 0 Å². The van der Waals surface area contributed by atoms with Crippen molar-refractivity contribution in [2.75, 3.05) is 6.54 Å². The number of carbonyl (C=O) groups is 1. The number of nitrogens with two attached hydrogens (primary N) is 1. The molecule has 0 aliphatic rings. The van der Waals surface area contributed by atoms with E-state index in [1.807, 2.05) is 0 Å². The molecule has 6 heteroatoms. The molecule has 0 aliphatic heterocycles. The van der Waals surface area contributed by atoms with Crippen LogP contribution in [0.15, 0.2) is 30.3 Å². The SMILES string of the molecule is NCC(=O)O[PH](=O)Oc1ccccc1. The fourth-order valence-corrected chi connectivity index (χ4v) is 1.38. The first kappa shape index (κ1) is 10.8. The predicted molar refractivity (Wildman–Crippen MR) is 51.2 cm³/mol. The zero-order chi connectivity index (χ0) is 10.4. The summed E-state index contributed by atoms with van der Waals surface area (Å²) in [7, 11) is -2.83. The van der Waals surface area contributed by atoms with E-state index >= 15 is 0 Å². The van der Waals surface area contributed by atoms with Gasteiger partial charge in [0.15, 0.2) is 0 Å². The van der Waals surface area contributed by atoms with Crippen LogP contribution in [-0.2, 0) is 13.9 Å². The number of hydrogen-bond acceptors (Lipinski definition) is 5. The molecule has 0 spiro atoms. The lowest BCUT2D eigenvalue weighted by atomic mass is 10.3. The molecule has 76 valence electrons. The van der Waals surface area contributed by atoms with Gasteiger partial charge in [-0.2, -0.15) is 0 Å². The average Bonchev–Trinajstić information content (AvgIpc) is 2.19. The van der Waals surface area contributed by atoms with Crippen molar-refractivity contribution in [3.8, 4) is 5.75 Å². The van der Waals surface area contributed by atoms with Crippen LogP contribution >= 0.6 is 8.25 Å². The third-order valence-electron chi connectivity index (χ3n) is 1.31. The lowest BCUT2D eigenvalue weighted by Crippen LogP contribution is -2.14. The molecule has 0 saturated carbocycles. The van der Waals surface area contributed by atoms with Crippen LogP contribution in [0.4, 0.5) is 0 Å². The van der Waals surface area contributed by atoms with E-state index in [2.05, 4.69) is 4.52 Å². The molecule has 2 N–H and O–H groups in total. The van der Waals surface area contributed by atoms with E-state index in [1.165, 1.54) is 0 Å². The van der Waals surface area contributed by atoms with Crippen molar-refractivity contribution in [3.63, 3.8) is 0 Å². The Labute approximate surface area is 81.8 Å². The molecular weight excluding hydrogens is 205 g/mol. The molecule has 0 heterocycles. The van der Waals surface area contributed by atoms with Gasteiger partial charge in [-0.3, -0.25) is 4.79 Å². The van der Waals surface area contributed by atoms with Crippen LogP contribution < -0.4 is 10.3 Å². The molecule has 0 bridgehead atoms. The van der Waals surface area contributed by atoms with E-state index in [0.29, 0.717) is 5.75 Å². The zero-order valence-corrected chi connectivity index (χ0v) is 8.30. The molecule has 1 unspecified atom stereocenters. The van der Waals surface area contributed by atoms with E-state index in [-0.39, 0.29) is 6.54 Å². The van der Waals surface area contributed by atoms with Crippen LogP contribution in [0.2, 0.25) is 0 Å². The topological polar surface area (TPSA) is 78.6 Å². The van der Waals surface area contributed by atoms with Crippen LogP contribution in [0.3, 0.4) is 0 Å². The fourth-order valence-electron chi connectivity index (χ4n) is 0.740. The third kappa shape index (κ3) is 3.60. The molecule has 0 aromatic heterocycles. The third-order valence-corrected chi connectivity index (χ3v) is 2.10. The molecule has 0 saturated heterocycles. The summed E-state index contributed by atoms with van der Waals surface area (Å²) in [6.07, 6.45) is 0. The quantitative estimate of drug-likeness (QED) is 0.756. The second kappa shape index (κ2) is 5.42. The van der Waals surface area contributed by atoms with E-state index < -0.39 is 14.2 Å². The first-order valence-electron chi connectivity index (χ1n) is 3.90. The largest absolute Gasteiger partial charge is 0.421 e. The van der Waals surface area contributed by atoms with Gasteiger partial charge >= 0.3 is 14.2 Å². The van der Waals surface area contributed by atoms with Crippen molar-refractivity contribution in [2.45, 2.75) is 0 Å². The average molecular weight is 215 g/mol. The Hall–Kier alpha value is -1.32. The summed E-state index contributed by atoms with van der Waals surface area (Å²) in [4.78, 5) is 10.6. The standard InChI is InChI=1S/C8H10NO4P/c9-6-8(10)13-14(11)12-7-4-2-1-3-5-7/h1-5,14H,6,9H2. The van der Waals surface area contributed by atoms with Gasteiger partial charge in [-0.05, 0) is 12.1 Å². The lowest BCUT2D eigenvalue weighted by molar-refractivity contribution is -0.132. The zero-order valence-electron chi connectivity index (χ0n) is 7.30. The highest BCUT2D eigenvalue weighted by atomic mass is 31.1. The molecule has 0 fully saturated rings. The Morgan fingerprint density at radius 3 is 2.57 bits per heavy atom. The van der Waals surface area contributed by atoms with E-state index in [4.69, 9.17) is 10.3 Å². The predicted octanol–water partition coefficient (Wildman–Crippen LogP) is 0.957. The van der Waals surface area contributed by atoms with Gasteiger partial charge in [-0.15, -0.1) is 0 Å². The van der Waals surface area contributed by atoms with Gasteiger partial charge in [0.25, 0.3) is 0 Å². The minimum absolute atomic E-state index is 0.311. The summed E-state index contributed by atoms with van der Waals surface area (Å²) < 4.78 is 20.2. The summed E-state index contributed by atoms with van der Waals surface area (Å²) in [6.45, 7) is -0.311. The second-order valence-electron chi connectivity index (χ2n) is 2.34. The smallest absolute Gasteiger partial charge is 0.418 e. The summed E-state index contributed by atoms with van der Waals surface area (Å²) >= 11 is 0. The number of hydrogen-bond donors (Lipinski definition) is 1. The van der Waals surface area contributed by atoms with Gasteiger partial charge < -0.3 is 14.8 Å². The normalized spacial score (nSPS) is 11.8. The van der Waals surface area contributed by atoms with Crippen molar-refractivity contribution >= 4 is 14.2 Å². The van der Waals surface area contributed by atoms with Crippen LogP contribution in [0.1, 0.15) is 0 Å². The second-order valence-corrected chi connectivity index (χ2v) is 3.25. The fraction of sp³-hybridized carbons (Fsp3) is 0.125. The van der Waals surface area contributed by atoms with Gasteiger partial charge in [0.05, 0.1) is 6.54 Å². The summed E-state index contributed by atoms with van der Waals surface area (Å²) in [6, 6.07) is 8.44. The van der Waals surface area contributed by atoms with Crippen LogP contribution in [0.25, 0.3) is 0 Å². The summed E-state index contributed by atoms with van der Waals surface area (Å²) in [5, 5.41) is 0. The highest BCUT2D eigenvalue weighted by molar-refractivity contribution is 7.34. The Kier molecular flexibility index (Phi) is 4.16. The highest BCUT2D eigenvalue weighted by Gasteiger charge is 2.06. The molecule has 0 aliphatic carbocycles. The van der Waals surface area contributed by atoms with Crippen LogP contribution in [-0.4, -0.2) is 12.5 Å². The van der Waals surface area contributed by atoms with Crippen molar-refractivity contribution in [3.05, 3.63) is 30.3 Å². The first-order chi connectivity index (χ1) is 6.72. The molecule has 1 atom stereocenters. The number of para-hydroxylation sites is 1. The summed E-state index contributed by atoms with van der Waals surface area (Å²) in [5.74, 6) is -0.356. The molecule has 1 aromatic rings. The van der Waals surface area contributed by atoms with Gasteiger partial charge in [0.2, 0.25) is 0 Å². The minimum atomic E-state index is -2.83. The maximum atomic E-state index is 11.0. The van der Waals surface area contributed by atoms with Gasteiger partial charge in [0, 0.05) is 0 Å². The molecule has 5 nitrogen and oxygen atoms in total. The molecule has 1 aromatic carbocycles. The molecule has 0 amide bonds. The van der Waals surface area contributed by atoms with Crippen molar-refractivity contribution in [1.82, 2.24) is 0 Å². The van der Waals surface area contributed by atoms with Crippen molar-refractivity contribution < 1.29 is 18.4 Å². The maximum absolute atomic E-state index is 11.0. The van der Waals surface area contributed by atoms with Crippen molar-refractivity contribution in [1.29, 1.82) is 0 Å². The minimum Gasteiger partial charge on any atom is -0.418 e. The van der Waals surface area contributed by atoms with E-state index in [0.717, 1.165) is 0 Å². The maximum Gasteiger partial charge on any atom is 0.421 e. The van der Waals surface area contributed by atoms with Gasteiger partial charge in [-0.25, -0.2) is 4.57 Å². The molecule has 0 radical (unpaired) electrons. The van der Waals surface area contributed by atoms with Crippen LogP contribution in [0.5, 0.6) is 5.75 Å². The van der Waals surface area contributed by atoms with Gasteiger partial charge in [0.1, 0.15) is 5.75 Å². The number of rotatable bonds is 4. The Bertz CT molecular complexity index is 327. The monoisotopic (exact) mass is 215 g/mol. The van der Waals surface area contributed by atoms with Gasteiger partial charge in [-0.1, -0.05) is 18.2 Å². The lowest BCUT2D eigenvalue weighted by Gasteiger charge is -2.05. The highest BCUT2D eigenvalue weighted by Crippen LogP contribution is 2.27. The number of carbonyl (C=O) groups excluding carboxylic acids is 1. The van der Waals surface area contributed by atoms with E-state index in [1.54, 1.807) is 30.3 Å². The Morgan fingerprint density at radius 1 is 1.36 bits per heavy atom. The summed E-state index contributed by atoms with van der Waals surface area (Å²) in [5.41, 5.74) is 4.96. The van der Waals surface area contributed by atoms with E-state index in [9.17, 15) is 9.36 Å². The number of benzene rings is 1. The van der Waals surface area contributed by atoms with Crippen molar-refractivity contribution in [2.24, 2.45) is 5.73 Å². The Morgan fingerprint density at radius 2 is 2.00 bits per heavy atom. The Balaban J connectivity index is 2.46. The molecule has 1 rings (SSSR count). The molecule has 14 heavy (non-hydrogen) atoms.